The molecule has 0 aliphatic carbocycles. The third-order valence-electron chi connectivity index (χ3n) is 6.28. The van der Waals surface area contributed by atoms with Gasteiger partial charge in [-0.3, -0.25) is 14.3 Å². The van der Waals surface area contributed by atoms with Crippen LogP contribution in [-0.4, -0.2) is 44.8 Å². The second-order valence-electron chi connectivity index (χ2n) is 8.91. The molecule has 0 atom stereocenters. The van der Waals surface area contributed by atoms with Crippen molar-refractivity contribution < 1.29 is 22.7 Å². The topological polar surface area (TPSA) is 129 Å². The predicted molar refractivity (Wildman–Crippen MR) is 142 cm³/mol. The average Bonchev–Trinajstić information content (AvgIpc) is 2.94. The van der Waals surface area contributed by atoms with E-state index in [2.05, 4.69) is 16.1 Å². The van der Waals surface area contributed by atoms with Gasteiger partial charge in [0.15, 0.2) is 5.75 Å². The Bertz CT molecular complexity index is 1410. The maximum absolute atomic E-state index is 13.0. The summed E-state index contributed by atoms with van der Waals surface area (Å²) in [5, 5.41) is 11.4. The van der Waals surface area contributed by atoms with Gasteiger partial charge in [-0.05, 0) is 67.3 Å². The number of rotatable bonds is 9. The Morgan fingerprint density at radius 2 is 1.61 bits per heavy atom. The van der Waals surface area contributed by atoms with Crippen LogP contribution in [0, 0.1) is 17.2 Å². The van der Waals surface area contributed by atoms with Gasteiger partial charge in [-0.1, -0.05) is 30.3 Å². The Hall–Kier alpha value is -4.36. The Morgan fingerprint density at radius 1 is 0.947 bits per heavy atom. The Morgan fingerprint density at radius 3 is 2.29 bits per heavy atom. The van der Waals surface area contributed by atoms with Crippen molar-refractivity contribution in [3.05, 3.63) is 84.4 Å². The molecule has 0 unspecified atom stereocenters. The van der Waals surface area contributed by atoms with E-state index >= 15 is 0 Å². The number of likely N-dealkylation sites (tertiary alicyclic amines) is 1. The number of sulfonamides is 1. The molecule has 0 radical (unpaired) electrons. The number of hydrogen-bond acceptors (Lipinski definition) is 6. The molecule has 0 spiro atoms. The molecule has 1 aliphatic rings. The van der Waals surface area contributed by atoms with E-state index in [4.69, 9.17) is 10.00 Å². The van der Waals surface area contributed by atoms with E-state index in [1.807, 2.05) is 18.2 Å². The fourth-order valence-electron chi connectivity index (χ4n) is 4.13. The summed E-state index contributed by atoms with van der Waals surface area (Å²) in [6.45, 7) is 0.988. The lowest BCUT2D eigenvalue weighted by Gasteiger charge is -2.31. The van der Waals surface area contributed by atoms with Crippen LogP contribution in [0.3, 0.4) is 0 Å². The van der Waals surface area contributed by atoms with Crippen molar-refractivity contribution in [1.82, 2.24) is 10.2 Å². The van der Waals surface area contributed by atoms with Gasteiger partial charge in [-0.2, -0.15) is 5.26 Å². The van der Waals surface area contributed by atoms with Gasteiger partial charge < -0.3 is 15.0 Å². The second kappa shape index (κ2) is 12.3. The van der Waals surface area contributed by atoms with E-state index in [-0.39, 0.29) is 28.6 Å². The monoisotopic (exact) mass is 532 g/mol. The number of carbonyl (C=O) groups is 2. The molecular formula is C28H28N4O5S. The molecule has 0 bridgehead atoms. The molecule has 1 fully saturated rings. The van der Waals surface area contributed by atoms with Crippen molar-refractivity contribution in [3.63, 3.8) is 0 Å². The minimum Gasteiger partial charge on any atom is -0.455 e. The summed E-state index contributed by atoms with van der Waals surface area (Å²) >= 11 is 0. The SMILES string of the molecule is N#CCC1CCN(C(=O)CNC(=O)c2ccc(S(=O)(=O)Nc3ccccc3Oc3ccccc3)cc2)CC1. The first-order valence-electron chi connectivity index (χ1n) is 12.2. The third-order valence-corrected chi connectivity index (χ3v) is 7.66. The normalized spacial score (nSPS) is 13.8. The minimum absolute atomic E-state index is 0.0279. The van der Waals surface area contributed by atoms with E-state index in [1.54, 1.807) is 41.3 Å². The van der Waals surface area contributed by atoms with Crippen LogP contribution in [0.1, 0.15) is 29.6 Å². The maximum Gasteiger partial charge on any atom is 0.262 e. The molecule has 196 valence electrons. The number of nitriles is 1. The van der Waals surface area contributed by atoms with Crippen LogP contribution in [0.2, 0.25) is 0 Å². The van der Waals surface area contributed by atoms with Crippen LogP contribution in [0.25, 0.3) is 0 Å². The van der Waals surface area contributed by atoms with Crippen LogP contribution < -0.4 is 14.8 Å². The number of ether oxygens (including phenoxy) is 1. The number of benzene rings is 3. The molecule has 4 rings (SSSR count). The lowest BCUT2D eigenvalue weighted by molar-refractivity contribution is -0.131. The average molecular weight is 533 g/mol. The molecular weight excluding hydrogens is 504 g/mol. The molecule has 38 heavy (non-hydrogen) atoms. The summed E-state index contributed by atoms with van der Waals surface area (Å²) in [5.41, 5.74) is 0.505. The highest BCUT2D eigenvalue weighted by molar-refractivity contribution is 7.92. The van der Waals surface area contributed by atoms with Crippen molar-refractivity contribution in [2.24, 2.45) is 5.92 Å². The zero-order valence-electron chi connectivity index (χ0n) is 20.7. The van der Waals surface area contributed by atoms with E-state index < -0.39 is 15.9 Å². The second-order valence-corrected chi connectivity index (χ2v) is 10.6. The van der Waals surface area contributed by atoms with Crippen LogP contribution in [0.4, 0.5) is 5.69 Å². The zero-order valence-corrected chi connectivity index (χ0v) is 21.5. The fraction of sp³-hybridized carbons (Fsp3) is 0.250. The smallest absolute Gasteiger partial charge is 0.262 e. The van der Waals surface area contributed by atoms with Gasteiger partial charge in [0.05, 0.1) is 23.2 Å². The Kier molecular flexibility index (Phi) is 8.61. The lowest BCUT2D eigenvalue weighted by Crippen LogP contribution is -2.44. The quantitative estimate of drug-likeness (QED) is 0.426. The van der Waals surface area contributed by atoms with Gasteiger partial charge in [0, 0.05) is 25.1 Å². The first kappa shape index (κ1) is 26.7. The number of nitrogens with one attached hydrogen (secondary N) is 2. The van der Waals surface area contributed by atoms with Gasteiger partial charge in [0.2, 0.25) is 5.91 Å². The number of nitrogens with zero attached hydrogens (tertiary/aromatic N) is 2. The predicted octanol–water partition coefficient (Wildman–Crippen LogP) is 4.16. The number of hydrogen-bond donors (Lipinski definition) is 2. The number of piperidine rings is 1. The van der Waals surface area contributed by atoms with Crippen molar-refractivity contribution in [1.29, 1.82) is 5.26 Å². The molecule has 2 amide bonds. The summed E-state index contributed by atoms with van der Waals surface area (Å²) in [6, 6.07) is 23.3. The standard InChI is InChI=1S/C28H28N4O5S/c29-17-14-21-15-18-32(19-16-21)27(33)20-30-28(34)22-10-12-24(13-11-22)38(35,36)31-25-8-4-5-9-26(25)37-23-6-2-1-3-7-23/h1-13,21,31H,14-16,18-20H2,(H,30,34). The summed E-state index contributed by atoms with van der Waals surface area (Å²) in [6.07, 6.45) is 2.05. The molecule has 9 nitrogen and oxygen atoms in total. The molecule has 0 saturated carbocycles. The zero-order chi connectivity index (χ0) is 27.0. The molecule has 3 aromatic rings. The Balaban J connectivity index is 1.34. The largest absolute Gasteiger partial charge is 0.455 e. The highest BCUT2D eigenvalue weighted by Gasteiger charge is 2.23. The van der Waals surface area contributed by atoms with Crippen LogP contribution in [0.5, 0.6) is 11.5 Å². The van der Waals surface area contributed by atoms with Crippen molar-refractivity contribution in [2.75, 3.05) is 24.4 Å². The molecule has 1 heterocycles. The molecule has 3 aromatic carbocycles. The van der Waals surface area contributed by atoms with Gasteiger partial charge in [-0.25, -0.2) is 8.42 Å². The van der Waals surface area contributed by atoms with Crippen molar-refractivity contribution >= 4 is 27.5 Å². The highest BCUT2D eigenvalue weighted by atomic mass is 32.2. The maximum atomic E-state index is 13.0. The van der Waals surface area contributed by atoms with E-state index in [1.165, 1.54) is 24.3 Å². The molecule has 1 saturated heterocycles. The van der Waals surface area contributed by atoms with Gasteiger partial charge >= 0.3 is 0 Å². The van der Waals surface area contributed by atoms with Crippen molar-refractivity contribution in [3.8, 4) is 17.6 Å². The van der Waals surface area contributed by atoms with Crippen LogP contribution in [-0.2, 0) is 14.8 Å². The van der Waals surface area contributed by atoms with Crippen LogP contribution in [0.15, 0.2) is 83.8 Å². The van der Waals surface area contributed by atoms with Crippen LogP contribution >= 0.6 is 0 Å². The van der Waals surface area contributed by atoms with Crippen molar-refractivity contribution in [2.45, 2.75) is 24.2 Å². The highest BCUT2D eigenvalue weighted by Crippen LogP contribution is 2.31. The first-order chi connectivity index (χ1) is 18.4. The van der Waals surface area contributed by atoms with E-state index in [9.17, 15) is 18.0 Å². The fourth-order valence-corrected chi connectivity index (χ4v) is 5.20. The Labute approximate surface area is 222 Å². The summed E-state index contributed by atoms with van der Waals surface area (Å²) in [5.74, 6) is 0.561. The molecule has 2 N–H and O–H groups in total. The van der Waals surface area contributed by atoms with Gasteiger partial charge in [-0.15, -0.1) is 0 Å². The van der Waals surface area contributed by atoms with Gasteiger partial charge in [0.1, 0.15) is 5.75 Å². The lowest BCUT2D eigenvalue weighted by atomic mass is 9.94. The molecule has 1 aliphatic heterocycles. The number of para-hydroxylation sites is 3. The molecule has 10 heteroatoms. The summed E-state index contributed by atoms with van der Waals surface area (Å²) in [7, 11) is -3.96. The first-order valence-corrected chi connectivity index (χ1v) is 13.7. The van der Waals surface area contributed by atoms with E-state index in [0.29, 0.717) is 36.9 Å². The molecule has 0 aromatic heterocycles. The summed E-state index contributed by atoms with van der Waals surface area (Å²) < 4.78 is 34.4. The minimum atomic E-state index is -3.96. The summed E-state index contributed by atoms with van der Waals surface area (Å²) in [4.78, 5) is 26.7. The number of carbonyl (C=O) groups excluding carboxylic acids is 2. The number of amides is 2. The van der Waals surface area contributed by atoms with Gasteiger partial charge in [0.25, 0.3) is 15.9 Å². The number of anilines is 1. The third kappa shape index (κ3) is 6.89. The van der Waals surface area contributed by atoms with E-state index in [0.717, 1.165) is 12.8 Å².